The Balaban J connectivity index is 1.56. The minimum atomic E-state index is -0.776. The van der Waals surface area contributed by atoms with Crippen LogP contribution in [0.5, 0.6) is 5.75 Å². The topological polar surface area (TPSA) is 103 Å². The fourth-order valence-electron chi connectivity index (χ4n) is 4.30. The van der Waals surface area contributed by atoms with Crippen LogP contribution in [0.15, 0.2) is 92.4 Å². The number of ether oxygens (including phenoxy) is 2. The molecule has 1 aliphatic heterocycles. The molecule has 0 N–H and O–H groups in total. The van der Waals surface area contributed by atoms with Crippen LogP contribution in [-0.4, -0.2) is 37.7 Å². The summed E-state index contributed by atoms with van der Waals surface area (Å²) in [5.74, 6) is -0.850. The van der Waals surface area contributed by atoms with Crippen molar-refractivity contribution in [1.29, 1.82) is 0 Å². The Morgan fingerprint density at radius 2 is 1.77 bits per heavy atom. The third kappa shape index (κ3) is 5.06. The molecule has 39 heavy (non-hydrogen) atoms. The van der Waals surface area contributed by atoms with Crippen LogP contribution in [0.2, 0.25) is 0 Å². The molecule has 0 saturated heterocycles. The third-order valence-electron chi connectivity index (χ3n) is 6.26. The van der Waals surface area contributed by atoms with Gasteiger partial charge in [0.25, 0.3) is 5.56 Å². The van der Waals surface area contributed by atoms with Crippen LogP contribution in [0, 0.1) is 0 Å². The highest BCUT2D eigenvalue weighted by Gasteiger charge is 2.33. The number of thiazole rings is 1. The summed E-state index contributed by atoms with van der Waals surface area (Å²) >= 11 is 1.25. The molecular formula is C29H25N3O6S. The first-order valence-electron chi connectivity index (χ1n) is 12.0. The average Bonchev–Trinajstić information content (AvgIpc) is 3.57. The van der Waals surface area contributed by atoms with Crippen LogP contribution in [-0.2, 0) is 9.53 Å². The lowest BCUT2D eigenvalue weighted by Gasteiger charge is -2.24. The molecule has 9 nitrogen and oxygen atoms in total. The molecule has 0 spiro atoms. The zero-order chi connectivity index (χ0) is 27.7. The molecule has 198 valence electrons. The molecule has 10 heteroatoms. The minimum Gasteiger partial charge on any atom is -0.466 e. The Morgan fingerprint density at radius 3 is 2.38 bits per heavy atom. The van der Waals surface area contributed by atoms with Crippen molar-refractivity contribution < 1.29 is 23.5 Å². The fourth-order valence-corrected chi connectivity index (χ4v) is 5.34. The average molecular weight is 544 g/mol. The van der Waals surface area contributed by atoms with Crippen LogP contribution in [0.25, 0.3) is 6.08 Å². The number of esters is 2. The number of allylic oxidation sites excluding steroid dienone is 1. The number of fused-ring (bicyclic) bond motifs is 1. The number of rotatable bonds is 6. The van der Waals surface area contributed by atoms with E-state index in [1.807, 2.05) is 49.3 Å². The van der Waals surface area contributed by atoms with E-state index < -0.39 is 18.0 Å². The van der Waals surface area contributed by atoms with Crippen molar-refractivity contribution in [3.8, 4) is 5.75 Å². The molecule has 1 atom stereocenters. The molecule has 4 aromatic rings. The molecule has 1 unspecified atom stereocenters. The Kier molecular flexibility index (Phi) is 7.03. The standard InChI is InChI=1S/C29H25N3O6S/c1-17-24(28(35)36-4)25(19-9-13-21(14-10-19)38-27(34)22-6-5-15-37-22)32-26(33)23(39-29(32)30-17)16-18-7-11-20(12-8-18)31(2)3/h5-16,25H,1-4H3/b23-16+. The van der Waals surface area contributed by atoms with Gasteiger partial charge in [-0.2, -0.15) is 0 Å². The highest BCUT2D eigenvalue weighted by atomic mass is 32.1. The van der Waals surface area contributed by atoms with Crippen LogP contribution in [0.1, 0.15) is 34.6 Å². The first-order valence-corrected chi connectivity index (χ1v) is 12.8. The van der Waals surface area contributed by atoms with E-state index in [-0.39, 0.29) is 22.6 Å². The predicted molar refractivity (Wildman–Crippen MR) is 147 cm³/mol. The second kappa shape index (κ2) is 10.6. The normalized spacial score (nSPS) is 15.0. The summed E-state index contributed by atoms with van der Waals surface area (Å²) in [5.41, 5.74) is 2.99. The van der Waals surface area contributed by atoms with E-state index in [0.29, 0.717) is 20.6 Å². The van der Waals surface area contributed by atoms with Gasteiger partial charge in [0, 0.05) is 19.8 Å². The van der Waals surface area contributed by atoms with Gasteiger partial charge in [0.05, 0.1) is 35.2 Å². The molecule has 2 aromatic carbocycles. The van der Waals surface area contributed by atoms with Gasteiger partial charge in [-0.3, -0.25) is 9.36 Å². The second-order valence-corrected chi connectivity index (χ2v) is 10.0. The van der Waals surface area contributed by atoms with Crippen LogP contribution >= 0.6 is 11.3 Å². The summed E-state index contributed by atoms with van der Waals surface area (Å²) < 4.78 is 17.5. The monoisotopic (exact) mass is 543 g/mol. The van der Waals surface area contributed by atoms with Crippen molar-refractivity contribution in [1.82, 2.24) is 4.57 Å². The molecule has 2 aromatic heterocycles. The molecule has 0 bridgehead atoms. The SMILES string of the molecule is COC(=O)C1=C(C)N=c2s/c(=C/c3ccc(N(C)C)cc3)c(=O)n2C1c1ccc(OC(=O)c2ccco2)cc1. The largest absolute Gasteiger partial charge is 0.466 e. The lowest BCUT2D eigenvalue weighted by Crippen LogP contribution is -2.39. The third-order valence-corrected chi connectivity index (χ3v) is 7.25. The van der Waals surface area contributed by atoms with Gasteiger partial charge in [0.15, 0.2) is 4.80 Å². The smallest absolute Gasteiger partial charge is 0.379 e. The number of aromatic nitrogens is 1. The zero-order valence-corrected chi connectivity index (χ0v) is 22.5. The zero-order valence-electron chi connectivity index (χ0n) is 21.7. The Labute approximate surface area is 227 Å². The number of carbonyl (C=O) groups is 2. The minimum absolute atomic E-state index is 0.0779. The van der Waals surface area contributed by atoms with Gasteiger partial charge in [-0.05, 0) is 60.5 Å². The van der Waals surface area contributed by atoms with Gasteiger partial charge in [-0.1, -0.05) is 35.6 Å². The van der Waals surface area contributed by atoms with Crippen molar-refractivity contribution in [2.75, 3.05) is 26.1 Å². The summed E-state index contributed by atoms with van der Waals surface area (Å²) in [6, 6.07) is 16.8. The predicted octanol–water partition coefficient (Wildman–Crippen LogP) is 3.29. The molecule has 3 heterocycles. The van der Waals surface area contributed by atoms with Crippen molar-refractivity contribution >= 4 is 35.0 Å². The molecule has 1 aliphatic rings. The first-order chi connectivity index (χ1) is 18.8. The molecule has 0 fully saturated rings. The van der Waals surface area contributed by atoms with E-state index in [0.717, 1.165) is 11.3 Å². The summed E-state index contributed by atoms with van der Waals surface area (Å²) in [5, 5.41) is 0. The van der Waals surface area contributed by atoms with Crippen LogP contribution < -0.4 is 24.5 Å². The Hall–Kier alpha value is -4.70. The Bertz CT molecular complexity index is 1750. The van der Waals surface area contributed by atoms with Gasteiger partial charge < -0.3 is 18.8 Å². The maximum absolute atomic E-state index is 13.7. The van der Waals surface area contributed by atoms with E-state index in [2.05, 4.69) is 4.99 Å². The molecule has 0 radical (unpaired) electrons. The second-order valence-electron chi connectivity index (χ2n) is 9.00. The quantitative estimate of drug-likeness (QED) is 0.272. The van der Waals surface area contributed by atoms with E-state index in [1.165, 1.54) is 35.3 Å². The van der Waals surface area contributed by atoms with E-state index in [1.54, 1.807) is 37.3 Å². The van der Waals surface area contributed by atoms with Crippen molar-refractivity contribution in [3.63, 3.8) is 0 Å². The molecule has 0 aliphatic carbocycles. The number of benzene rings is 2. The maximum Gasteiger partial charge on any atom is 0.379 e. The maximum atomic E-state index is 13.7. The number of nitrogens with zero attached hydrogens (tertiary/aromatic N) is 3. The lowest BCUT2D eigenvalue weighted by molar-refractivity contribution is -0.136. The van der Waals surface area contributed by atoms with Gasteiger partial charge in [-0.25, -0.2) is 14.6 Å². The summed E-state index contributed by atoms with van der Waals surface area (Å²) in [7, 11) is 5.22. The molecule has 0 saturated carbocycles. The van der Waals surface area contributed by atoms with Crippen molar-refractivity contribution in [3.05, 3.63) is 115 Å². The highest BCUT2D eigenvalue weighted by Crippen LogP contribution is 2.31. The molecule has 5 rings (SSSR count). The van der Waals surface area contributed by atoms with Gasteiger partial charge in [0.1, 0.15) is 5.75 Å². The number of hydrogen-bond acceptors (Lipinski definition) is 9. The number of anilines is 1. The first kappa shape index (κ1) is 25.9. The number of furan rings is 1. The lowest BCUT2D eigenvalue weighted by atomic mass is 9.96. The van der Waals surface area contributed by atoms with Crippen molar-refractivity contribution in [2.24, 2.45) is 4.99 Å². The summed E-state index contributed by atoms with van der Waals surface area (Å²) in [6.07, 6.45) is 3.20. The summed E-state index contributed by atoms with van der Waals surface area (Å²) in [6.45, 7) is 1.72. The van der Waals surface area contributed by atoms with Crippen LogP contribution in [0.3, 0.4) is 0 Å². The molecule has 0 amide bonds. The van der Waals surface area contributed by atoms with Gasteiger partial charge in [0.2, 0.25) is 5.76 Å². The van der Waals surface area contributed by atoms with Crippen LogP contribution in [0.4, 0.5) is 5.69 Å². The Morgan fingerprint density at radius 1 is 1.05 bits per heavy atom. The molecular weight excluding hydrogens is 518 g/mol. The number of methoxy groups -OCH3 is 1. The number of carbonyl (C=O) groups excluding carboxylic acids is 2. The van der Waals surface area contributed by atoms with E-state index in [9.17, 15) is 14.4 Å². The van der Waals surface area contributed by atoms with Gasteiger partial charge >= 0.3 is 11.9 Å². The van der Waals surface area contributed by atoms with Gasteiger partial charge in [-0.15, -0.1) is 0 Å². The summed E-state index contributed by atoms with van der Waals surface area (Å²) in [4.78, 5) is 45.9. The highest BCUT2D eigenvalue weighted by molar-refractivity contribution is 7.07. The van der Waals surface area contributed by atoms with Crippen molar-refractivity contribution in [2.45, 2.75) is 13.0 Å². The fraction of sp³-hybridized carbons (Fsp3) is 0.172. The number of hydrogen-bond donors (Lipinski definition) is 0. The van der Waals surface area contributed by atoms with E-state index in [4.69, 9.17) is 13.9 Å². The van der Waals surface area contributed by atoms with E-state index >= 15 is 0 Å².